The van der Waals surface area contributed by atoms with Gasteiger partial charge in [0.05, 0.1) is 5.92 Å². The van der Waals surface area contributed by atoms with Gasteiger partial charge in [-0.25, -0.2) is 4.39 Å². The molecular weight excluding hydrogens is 479 g/mol. The van der Waals surface area contributed by atoms with Gasteiger partial charge in [-0.2, -0.15) is 0 Å². The third-order valence-electron chi connectivity index (χ3n) is 8.08. The predicted molar refractivity (Wildman–Crippen MR) is 146 cm³/mol. The highest BCUT2D eigenvalue weighted by Crippen LogP contribution is 2.36. The van der Waals surface area contributed by atoms with Crippen molar-refractivity contribution in [2.75, 3.05) is 13.1 Å². The van der Waals surface area contributed by atoms with E-state index >= 15 is 0 Å². The maximum absolute atomic E-state index is 14.1. The van der Waals surface area contributed by atoms with Crippen molar-refractivity contribution in [3.63, 3.8) is 0 Å². The van der Waals surface area contributed by atoms with Crippen LogP contribution in [-0.4, -0.2) is 39.1 Å². The van der Waals surface area contributed by atoms with Gasteiger partial charge in [-0.05, 0) is 72.7 Å². The number of carbonyl (C=O) groups excluding carboxylic acids is 1. The highest BCUT2D eigenvalue weighted by atomic mass is 19.1. The van der Waals surface area contributed by atoms with Gasteiger partial charge in [0.2, 0.25) is 5.91 Å². The molecule has 1 aliphatic heterocycles. The van der Waals surface area contributed by atoms with Crippen LogP contribution in [0.3, 0.4) is 0 Å². The lowest BCUT2D eigenvalue weighted by Crippen LogP contribution is -2.47. The number of benzene rings is 2. The first-order valence-electron chi connectivity index (χ1n) is 13.5. The van der Waals surface area contributed by atoms with Crippen LogP contribution in [0.15, 0.2) is 77.9 Å². The molecular formula is C31H33FN4O2. The molecule has 6 rings (SSSR count). The van der Waals surface area contributed by atoms with Crippen molar-refractivity contribution < 1.29 is 9.18 Å². The van der Waals surface area contributed by atoms with E-state index in [4.69, 9.17) is 0 Å². The molecule has 0 radical (unpaired) electrons. The van der Waals surface area contributed by atoms with Gasteiger partial charge in [-0.15, -0.1) is 0 Å². The molecule has 38 heavy (non-hydrogen) atoms. The van der Waals surface area contributed by atoms with Crippen LogP contribution in [-0.2, 0) is 24.9 Å². The molecule has 2 fully saturated rings. The molecule has 1 aliphatic carbocycles. The molecule has 2 aliphatic rings. The summed E-state index contributed by atoms with van der Waals surface area (Å²) in [7, 11) is 1.75. The highest BCUT2D eigenvalue weighted by molar-refractivity contribution is 5.86. The van der Waals surface area contributed by atoms with Gasteiger partial charge >= 0.3 is 0 Å². The molecule has 2 aromatic carbocycles. The number of aromatic nitrogens is 2. The van der Waals surface area contributed by atoms with Gasteiger partial charge in [0, 0.05) is 62.1 Å². The molecule has 2 atom stereocenters. The Kier molecular flexibility index (Phi) is 6.62. The molecule has 196 valence electrons. The summed E-state index contributed by atoms with van der Waals surface area (Å²) in [6.07, 6.45) is 6.78. The van der Waals surface area contributed by atoms with Gasteiger partial charge in [0.1, 0.15) is 5.82 Å². The maximum atomic E-state index is 14.1. The Bertz CT molecular complexity index is 1540. The lowest BCUT2D eigenvalue weighted by atomic mass is 9.80. The molecule has 6 nitrogen and oxygen atoms in total. The van der Waals surface area contributed by atoms with Crippen LogP contribution in [0.4, 0.5) is 4.39 Å². The first-order chi connectivity index (χ1) is 18.5. The summed E-state index contributed by atoms with van der Waals surface area (Å²) in [5, 5.41) is 4.54. The minimum atomic E-state index is -0.239. The highest BCUT2D eigenvalue weighted by Gasteiger charge is 2.40. The lowest BCUT2D eigenvalue weighted by molar-refractivity contribution is -0.138. The Balaban J connectivity index is 1.30. The number of amides is 1. The summed E-state index contributed by atoms with van der Waals surface area (Å²) in [5.74, 6) is -0.269. The largest absolute Gasteiger partial charge is 0.343 e. The number of halogens is 1. The fourth-order valence-electron chi connectivity index (χ4n) is 5.89. The number of para-hydroxylation sites is 1. The van der Waals surface area contributed by atoms with Crippen molar-refractivity contribution >= 4 is 16.8 Å². The Morgan fingerprint density at radius 3 is 2.71 bits per heavy atom. The van der Waals surface area contributed by atoms with Crippen molar-refractivity contribution in [3.05, 3.63) is 106 Å². The van der Waals surface area contributed by atoms with Crippen LogP contribution < -0.4 is 10.9 Å². The first kappa shape index (κ1) is 24.6. The number of nitrogens with one attached hydrogen (secondary N) is 1. The van der Waals surface area contributed by atoms with Gasteiger partial charge in [0.25, 0.3) is 5.56 Å². The second kappa shape index (κ2) is 10.2. The fraction of sp³-hybridized carbons (Fsp3) is 0.355. The molecule has 0 spiro atoms. The summed E-state index contributed by atoms with van der Waals surface area (Å²) in [4.78, 5) is 28.6. The summed E-state index contributed by atoms with van der Waals surface area (Å²) in [6.45, 7) is 2.55. The quantitative estimate of drug-likeness (QED) is 0.399. The van der Waals surface area contributed by atoms with Crippen LogP contribution in [0.1, 0.15) is 41.9 Å². The van der Waals surface area contributed by atoms with E-state index in [1.54, 1.807) is 36.0 Å². The molecule has 0 bridgehead atoms. The smallest absolute Gasteiger partial charge is 0.250 e. The SMILES string of the molecule is Cn1ccc(C2CCNC[C@@H]2C(=O)N(Cc2cn(Cc3cccc(F)c3)c3ccccc23)C2CC2)cc1=O. The predicted octanol–water partition coefficient (Wildman–Crippen LogP) is 4.41. The number of carbonyl (C=O) groups is 1. The zero-order valence-electron chi connectivity index (χ0n) is 21.6. The summed E-state index contributed by atoms with van der Waals surface area (Å²) < 4.78 is 17.6. The Labute approximate surface area is 221 Å². The van der Waals surface area contributed by atoms with E-state index in [-0.39, 0.29) is 35.2 Å². The molecule has 1 saturated heterocycles. The molecule has 1 saturated carbocycles. The normalized spacial score (nSPS) is 19.5. The van der Waals surface area contributed by atoms with E-state index in [1.165, 1.54) is 6.07 Å². The van der Waals surface area contributed by atoms with Crippen LogP contribution in [0.5, 0.6) is 0 Å². The van der Waals surface area contributed by atoms with E-state index in [9.17, 15) is 14.0 Å². The topological polar surface area (TPSA) is 59.3 Å². The van der Waals surface area contributed by atoms with Crippen molar-refractivity contribution in [3.8, 4) is 0 Å². The Morgan fingerprint density at radius 2 is 1.92 bits per heavy atom. The summed E-state index contributed by atoms with van der Waals surface area (Å²) in [5.41, 5.74) is 3.99. The van der Waals surface area contributed by atoms with Crippen molar-refractivity contribution in [1.29, 1.82) is 0 Å². The van der Waals surface area contributed by atoms with Gasteiger partial charge in [-0.1, -0.05) is 30.3 Å². The second-order valence-corrected chi connectivity index (χ2v) is 10.7. The third-order valence-corrected chi connectivity index (χ3v) is 8.08. The molecule has 4 aromatic rings. The standard InChI is InChI=1S/C31H33FN4O2/c1-34-14-12-22(16-30(34)37)26-11-13-33-17-28(26)31(38)36(25-9-10-25)20-23-19-35(29-8-3-2-7-27(23)29)18-21-5-4-6-24(32)15-21/h2-8,12,14-16,19,25-26,28,33H,9-11,13,17-18,20H2,1H3/t26?,28-/m0/s1. The van der Waals surface area contributed by atoms with Gasteiger partial charge in [0.15, 0.2) is 0 Å². The van der Waals surface area contributed by atoms with E-state index in [0.29, 0.717) is 19.6 Å². The zero-order valence-corrected chi connectivity index (χ0v) is 21.6. The van der Waals surface area contributed by atoms with Gasteiger partial charge in [-0.3, -0.25) is 9.59 Å². The molecule has 2 aromatic heterocycles. The molecule has 3 heterocycles. The minimum Gasteiger partial charge on any atom is -0.343 e. The van der Waals surface area contributed by atoms with E-state index in [1.807, 2.05) is 24.3 Å². The second-order valence-electron chi connectivity index (χ2n) is 10.7. The van der Waals surface area contributed by atoms with E-state index in [2.05, 4.69) is 33.1 Å². The van der Waals surface area contributed by atoms with E-state index < -0.39 is 0 Å². The third kappa shape index (κ3) is 4.90. The van der Waals surface area contributed by atoms with Crippen LogP contribution >= 0.6 is 0 Å². The average molecular weight is 513 g/mol. The summed E-state index contributed by atoms with van der Waals surface area (Å²) >= 11 is 0. The van der Waals surface area contributed by atoms with Crippen molar-refractivity contribution in [2.45, 2.75) is 44.3 Å². The number of hydrogen-bond donors (Lipinski definition) is 1. The average Bonchev–Trinajstić information content (AvgIpc) is 3.72. The monoisotopic (exact) mass is 512 g/mol. The van der Waals surface area contributed by atoms with E-state index in [0.717, 1.165) is 53.4 Å². The Hall–Kier alpha value is -3.71. The fourth-order valence-corrected chi connectivity index (χ4v) is 5.89. The number of aryl methyl sites for hydroxylation is 1. The number of fused-ring (bicyclic) bond motifs is 1. The van der Waals surface area contributed by atoms with Crippen LogP contribution in [0.25, 0.3) is 10.9 Å². The number of nitrogens with zero attached hydrogens (tertiary/aromatic N) is 3. The lowest BCUT2D eigenvalue weighted by Gasteiger charge is -2.35. The molecule has 7 heteroatoms. The summed E-state index contributed by atoms with van der Waals surface area (Å²) in [6, 6.07) is 18.9. The van der Waals surface area contributed by atoms with Crippen LogP contribution in [0.2, 0.25) is 0 Å². The van der Waals surface area contributed by atoms with Crippen LogP contribution in [0, 0.1) is 11.7 Å². The van der Waals surface area contributed by atoms with Crippen molar-refractivity contribution in [1.82, 2.24) is 19.4 Å². The zero-order chi connectivity index (χ0) is 26.2. The Morgan fingerprint density at radius 1 is 1.08 bits per heavy atom. The number of hydrogen-bond acceptors (Lipinski definition) is 3. The maximum Gasteiger partial charge on any atom is 0.250 e. The number of piperidine rings is 1. The molecule has 1 N–H and O–H groups in total. The molecule has 1 amide bonds. The van der Waals surface area contributed by atoms with Crippen molar-refractivity contribution in [2.24, 2.45) is 13.0 Å². The minimum absolute atomic E-state index is 0.0215. The van der Waals surface area contributed by atoms with Gasteiger partial charge < -0.3 is 19.4 Å². The number of pyridine rings is 1. The molecule has 1 unspecified atom stereocenters. The number of rotatable bonds is 7. The first-order valence-corrected chi connectivity index (χ1v) is 13.5.